The molecule has 0 aliphatic rings. The van der Waals surface area contributed by atoms with E-state index in [2.05, 4.69) is 35.8 Å². The lowest BCUT2D eigenvalue weighted by Crippen LogP contribution is -2.12. The average molecular weight is 536 g/mol. The van der Waals surface area contributed by atoms with Gasteiger partial charge in [-0.15, -0.1) is 10.2 Å². The third kappa shape index (κ3) is 5.05. The smallest absolute Gasteiger partial charge is 0.284 e. The normalized spacial score (nSPS) is 11.6. The Bertz CT molecular complexity index is 1910. The van der Waals surface area contributed by atoms with E-state index < -0.39 is 11.7 Å². The lowest BCUT2D eigenvalue weighted by atomic mass is 10.1. The first-order chi connectivity index (χ1) is 19.4. The Morgan fingerprint density at radius 3 is 2.73 bits per heavy atom. The number of aromatic nitrogens is 7. The van der Waals surface area contributed by atoms with E-state index in [9.17, 15) is 9.18 Å². The highest BCUT2D eigenvalue weighted by atomic mass is 19.1. The number of carbonyl (C=O) groups excluding carboxylic acids is 1. The highest BCUT2D eigenvalue weighted by molar-refractivity contribution is 6.06. The standard InChI is InChI=1S/C28H22FN9O2/c1-17-10-18(6-8-24(17)40-26-13-25-36-33-16-38(25)15-32-26)34-27-21-11-19(5-7-23(21)30-14-31-27)35-28(39)22(29)12-20-4-3-9-37(20)2/h3-16H,1-2H3,(H,35,39)(H,30,31,34)/b22-12+. The van der Waals surface area contributed by atoms with Gasteiger partial charge in [-0.25, -0.2) is 19.3 Å². The number of anilines is 3. The average Bonchev–Trinajstić information content (AvgIpc) is 3.58. The molecule has 4 aromatic heterocycles. The lowest BCUT2D eigenvalue weighted by Gasteiger charge is -2.13. The summed E-state index contributed by atoms with van der Waals surface area (Å²) in [5, 5.41) is 14.4. The van der Waals surface area contributed by atoms with Gasteiger partial charge in [0.1, 0.15) is 30.5 Å². The van der Waals surface area contributed by atoms with Gasteiger partial charge in [0.2, 0.25) is 5.88 Å². The molecule has 40 heavy (non-hydrogen) atoms. The van der Waals surface area contributed by atoms with E-state index in [1.165, 1.54) is 12.4 Å². The van der Waals surface area contributed by atoms with Crippen LogP contribution in [0.2, 0.25) is 0 Å². The minimum atomic E-state index is -0.904. The maximum Gasteiger partial charge on any atom is 0.284 e. The van der Waals surface area contributed by atoms with Gasteiger partial charge in [0.25, 0.3) is 5.91 Å². The fraction of sp³-hybridized carbons (Fsp3) is 0.0714. The molecule has 12 heteroatoms. The monoisotopic (exact) mass is 535 g/mol. The van der Waals surface area contributed by atoms with Crippen LogP contribution in [0, 0.1) is 6.92 Å². The van der Waals surface area contributed by atoms with Crippen molar-refractivity contribution < 1.29 is 13.9 Å². The Hall–Kier alpha value is -5.65. The zero-order valence-electron chi connectivity index (χ0n) is 21.4. The minimum Gasteiger partial charge on any atom is -0.439 e. The van der Waals surface area contributed by atoms with Crippen molar-refractivity contribution >= 4 is 45.7 Å². The highest BCUT2D eigenvalue weighted by Crippen LogP contribution is 2.30. The van der Waals surface area contributed by atoms with Gasteiger partial charge >= 0.3 is 0 Å². The largest absolute Gasteiger partial charge is 0.439 e. The number of ether oxygens (including phenoxy) is 1. The van der Waals surface area contributed by atoms with Crippen LogP contribution >= 0.6 is 0 Å². The van der Waals surface area contributed by atoms with Crippen LogP contribution in [0.15, 0.2) is 85.6 Å². The third-order valence-corrected chi connectivity index (χ3v) is 6.18. The van der Waals surface area contributed by atoms with E-state index in [4.69, 9.17) is 4.74 Å². The fourth-order valence-electron chi connectivity index (χ4n) is 4.10. The van der Waals surface area contributed by atoms with Gasteiger partial charge in [-0.1, -0.05) is 0 Å². The van der Waals surface area contributed by atoms with Crippen LogP contribution in [0.25, 0.3) is 22.6 Å². The summed E-state index contributed by atoms with van der Waals surface area (Å²) in [7, 11) is 1.77. The molecule has 0 saturated heterocycles. The Balaban J connectivity index is 1.21. The number of aryl methyl sites for hydroxylation is 2. The molecular weight excluding hydrogens is 513 g/mol. The molecule has 0 fully saturated rings. The number of nitrogens with one attached hydrogen (secondary N) is 2. The molecule has 0 spiro atoms. The number of amides is 1. The lowest BCUT2D eigenvalue weighted by molar-refractivity contribution is -0.114. The summed E-state index contributed by atoms with van der Waals surface area (Å²) in [5.41, 5.74) is 3.88. The van der Waals surface area contributed by atoms with Crippen molar-refractivity contribution in [2.24, 2.45) is 7.05 Å². The number of halogens is 1. The first kappa shape index (κ1) is 24.7. The molecule has 1 amide bonds. The first-order valence-electron chi connectivity index (χ1n) is 12.2. The summed E-state index contributed by atoms with van der Waals surface area (Å²) < 4.78 is 23.9. The number of fused-ring (bicyclic) bond motifs is 2. The third-order valence-electron chi connectivity index (χ3n) is 6.18. The maximum atomic E-state index is 14.5. The topological polar surface area (TPSA) is 124 Å². The molecule has 0 bridgehead atoms. The molecule has 0 aliphatic heterocycles. The van der Waals surface area contributed by atoms with Crippen molar-refractivity contribution in [1.82, 2.24) is 34.1 Å². The zero-order chi connectivity index (χ0) is 27.6. The molecule has 0 radical (unpaired) electrons. The van der Waals surface area contributed by atoms with Crippen molar-refractivity contribution in [3.05, 3.63) is 96.9 Å². The molecule has 2 aromatic carbocycles. The number of rotatable bonds is 7. The van der Waals surface area contributed by atoms with Gasteiger partial charge in [0.15, 0.2) is 11.5 Å². The first-order valence-corrected chi connectivity index (χ1v) is 12.2. The number of nitrogens with zero attached hydrogens (tertiary/aromatic N) is 7. The molecule has 2 N–H and O–H groups in total. The molecule has 6 rings (SSSR count). The molecule has 0 atom stereocenters. The molecule has 6 aromatic rings. The Morgan fingerprint density at radius 1 is 1.02 bits per heavy atom. The van der Waals surface area contributed by atoms with Crippen molar-refractivity contribution in [2.45, 2.75) is 6.92 Å². The van der Waals surface area contributed by atoms with E-state index in [1.54, 1.807) is 71.3 Å². The summed E-state index contributed by atoms with van der Waals surface area (Å²) in [6, 6.07) is 15.9. The van der Waals surface area contributed by atoms with Gasteiger partial charge in [0.05, 0.1) is 5.52 Å². The van der Waals surface area contributed by atoms with Gasteiger partial charge < -0.3 is 19.9 Å². The van der Waals surface area contributed by atoms with Gasteiger partial charge in [0, 0.05) is 47.8 Å². The molecule has 0 saturated carbocycles. The summed E-state index contributed by atoms with van der Waals surface area (Å²) in [6.45, 7) is 1.92. The molecule has 198 valence electrons. The van der Waals surface area contributed by atoms with Crippen LogP contribution in [0.5, 0.6) is 11.6 Å². The van der Waals surface area contributed by atoms with E-state index in [0.29, 0.717) is 45.4 Å². The van der Waals surface area contributed by atoms with Crippen LogP contribution in [0.3, 0.4) is 0 Å². The van der Waals surface area contributed by atoms with Gasteiger partial charge in [-0.2, -0.15) is 0 Å². The van der Waals surface area contributed by atoms with Crippen LogP contribution < -0.4 is 15.4 Å². The number of carbonyl (C=O) groups is 1. The summed E-state index contributed by atoms with van der Waals surface area (Å²) in [6.07, 6.45) is 7.55. The maximum absolute atomic E-state index is 14.5. The van der Waals surface area contributed by atoms with E-state index in [1.807, 2.05) is 25.1 Å². The summed E-state index contributed by atoms with van der Waals surface area (Å²) in [5.74, 6) is -0.205. The highest BCUT2D eigenvalue weighted by Gasteiger charge is 2.13. The second kappa shape index (κ2) is 10.3. The molecule has 11 nitrogen and oxygen atoms in total. The Labute approximate surface area is 227 Å². The van der Waals surface area contributed by atoms with Crippen LogP contribution in [0.1, 0.15) is 11.3 Å². The van der Waals surface area contributed by atoms with E-state index in [-0.39, 0.29) is 0 Å². The van der Waals surface area contributed by atoms with Crippen molar-refractivity contribution in [3.63, 3.8) is 0 Å². The van der Waals surface area contributed by atoms with Crippen molar-refractivity contribution in [3.8, 4) is 11.6 Å². The quantitative estimate of drug-likeness (QED) is 0.267. The van der Waals surface area contributed by atoms with E-state index in [0.717, 1.165) is 11.3 Å². The van der Waals surface area contributed by atoms with Gasteiger partial charge in [-0.3, -0.25) is 9.20 Å². The van der Waals surface area contributed by atoms with Crippen LogP contribution in [0.4, 0.5) is 21.6 Å². The Kier molecular flexibility index (Phi) is 6.32. The van der Waals surface area contributed by atoms with Crippen LogP contribution in [-0.2, 0) is 11.8 Å². The number of hydrogen-bond acceptors (Lipinski definition) is 8. The second-order valence-electron chi connectivity index (χ2n) is 8.98. The van der Waals surface area contributed by atoms with Crippen molar-refractivity contribution in [1.29, 1.82) is 0 Å². The predicted octanol–water partition coefficient (Wildman–Crippen LogP) is 5.20. The molecule has 0 unspecified atom stereocenters. The fourth-order valence-corrected chi connectivity index (χ4v) is 4.10. The minimum absolute atomic E-state index is 0.399. The van der Waals surface area contributed by atoms with Gasteiger partial charge in [-0.05, 0) is 61.0 Å². The van der Waals surface area contributed by atoms with E-state index >= 15 is 0 Å². The zero-order valence-corrected chi connectivity index (χ0v) is 21.4. The summed E-state index contributed by atoms with van der Waals surface area (Å²) in [4.78, 5) is 25.4. The number of benzene rings is 2. The van der Waals surface area contributed by atoms with Crippen LogP contribution in [-0.4, -0.2) is 40.0 Å². The molecular formula is C28H22FN9O2. The second-order valence-corrected chi connectivity index (χ2v) is 8.98. The predicted molar refractivity (Wildman–Crippen MR) is 148 cm³/mol. The number of hydrogen-bond donors (Lipinski definition) is 2. The van der Waals surface area contributed by atoms with Crippen molar-refractivity contribution in [2.75, 3.05) is 10.6 Å². The summed E-state index contributed by atoms with van der Waals surface area (Å²) >= 11 is 0. The molecule has 0 aliphatic carbocycles. The molecule has 4 heterocycles. The Morgan fingerprint density at radius 2 is 1.90 bits per heavy atom. The SMILES string of the molecule is Cc1cc(Nc2ncnc3ccc(NC(=O)/C(F)=C\c4cccn4C)cc23)ccc1Oc1cc2nncn2cn1.